The van der Waals surface area contributed by atoms with Crippen LogP contribution in [-0.4, -0.2) is 19.7 Å². The molecule has 22 heavy (non-hydrogen) atoms. The summed E-state index contributed by atoms with van der Waals surface area (Å²) in [6.07, 6.45) is 1.02. The molecule has 6 nitrogen and oxygen atoms in total. The van der Waals surface area contributed by atoms with E-state index in [1.54, 1.807) is 11.3 Å². The van der Waals surface area contributed by atoms with Gasteiger partial charge in [0.05, 0.1) is 24.2 Å². The maximum absolute atomic E-state index is 6.01. The molecule has 0 amide bonds. The summed E-state index contributed by atoms with van der Waals surface area (Å²) in [6.45, 7) is 5.67. The fourth-order valence-electron chi connectivity index (χ4n) is 3.05. The van der Waals surface area contributed by atoms with Crippen LogP contribution in [-0.2, 0) is 26.6 Å². The van der Waals surface area contributed by atoms with Gasteiger partial charge in [-0.3, -0.25) is 4.68 Å². The molecular formula is C15H18N6S. The Balaban J connectivity index is 1.82. The second kappa shape index (κ2) is 4.67. The molecule has 114 valence electrons. The molecule has 0 atom stereocenters. The molecule has 1 aliphatic heterocycles. The van der Waals surface area contributed by atoms with Crippen molar-refractivity contribution in [1.82, 2.24) is 19.7 Å². The lowest BCUT2D eigenvalue weighted by molar-refractivity contribution is 0.705. The highest BCUT2D eigenvalue weighted by Gasteiger charge is 2.28. The Kier molecular flexibility index (Phi) is 2.87. The molecule has 2 N–H and O–H groups in total. The number of hydrogen-bond donors (Lipinski definition) is 1. The summed E-state index contributed by atoms with van der Waals surface area (Å²) >= 11 is 1.76. The molecule has 1 aliphatic rings. The Bertz CT molecular complexity index is 851. The van der Waals surface area contributed by atoms with Gasteiger partial charge in [-0.15, -0.1) is 11.3 Å². The number of rotatable bonds is 2. The van der Waals surface area contributed by atoms with Crippen LogP contribution in [0.15, 0.2) is 6.07 Å². The first-order valence-corrected chi connectivity index (χ1v) is 8.20. The molecule has 0 saturated heterocycles. The molecule has 0 aliphatic carbocycles. The van der Waals surface area contributed by atoms with Crippen LogP contribution in [0, 0.1) is 6.92 Å². The number of aromatic nitrogens is 4. The van der Waals surface area contributed by atoms with Crippen molar-refractivity contribution in [1.29, 1.82) is 0 Å². The Morgan fingerprint density at radius 3 is 2.86 bits per heavy atom. The monoisotopic (exact) mass is 314 g/mol. The first-order chi connectivity index (χ1) is 10.6. The van der Waals surface area contributed by atoms with Crippen molar-refractivity contribution in [2.45, 2.75) is 33.4 Å². The Morgan fingerprint density at radius 1 is 1.32 bits per heavy atom. The zero-order valence-electron chi connectivity index (χ0n) is 12.9. The number of thiophene rings is 1. The summed E-state index contributed by atoms with van der Waals surface area (Å²) < 4.78 is 1.88. The number of nitrogens with zero attached hydrogens (tertiary/aromatic N) is 5. The maximum Gasteiger partial charge on any atom is 0.150 e. The zero-order chi connectivity index (χ0) is 15.4. The Morgan fingerprint density at radius 2 is 2.14 bits per heavy atom. The summed E-state index contributed by atoms with van der Waals surface area (Å²) in [7, 11) is 1.94. The second-order valence-corrected chi connectivity index (χ2v) is 6.78. The third-order valence-electron chi connectivity index (χ3n) is 4.18. The standard InChI is InChI=1S/C15H18N6S/c1-4-9-5-10-14(17-8(2)18-15(10)22-9)21-6-11-12(7-21)20(3)19-13(11)16/h5H,4,6-7H2,1-3H3,(H2,16,19). The molecule has 0 bridgehead atoms. The molecule has 3 aromatic heterocycles. The highest BCUT2D eigenvalue weighted by atomic mass is 32.1. The second-order valence-electron chi connectivity index (χ2n) is 5.67. The third-order valence-corrected chi connectivity index (χ3v) is 5.35. The first kappa shape index (κ1) is 13.5. The van der Waals surface area contributed by atoms with Crippen molar-refractivity contribution >= 4 is 33.2 Å². The molecule has 0 radical (unpaired) electrons. The van der Waals surface area contributed by atoms with E-state index >= 15 is 0 Å². The molecule has 4 rings (SSSR count). The largest absolute Gasteiger partial charge is 0.382 e. The average Bonchev–Trinajstić information content (AvgIpc) is 3.14. The van der Waals surface area contributed by atoms with Crippen molar-refractivity contribution in [2.75, 3.05) is 10.6 Å². The predicted molar refractivity (Wildman–Crippen MR) is 89.0 cm³/mol. The highest BCUT2D eigenvalue weighted by molar-refractivity contribution is 7.18. The van der Waals surface area contributed by atoms with Crippen molar-refractivity contribution in [3.63, 3.8) is 0 Å². The molecular weight excluding hydrogens is 296 g/mol. The Hall–Kier alpha value is -2.15. The number of hydrogen-bond acceptors (Lipinski definition) is 6. The lowest BCUT2D eigenvalue weighted by Crippen LogP contribution is -2.19. The van der Waals surface area contributed by atoms with Crippen LogP contribution in [0.1, 0.15) is 28.9 Å². The van der Waals surface area contributed by atoms with Gasteiger partial charge in [-0.25, -0.2) is 9.97 Å². The van der Waals surface area contributed by atoms with Crippen molar-refractivity contribution in [3.8, 4) is 0 Å². The van der Waals surface area contributed by atoms with E-state index in [0.717, 1.165) is 46.9 Å². The third kappa shape index (κ3) is 1.89. The van der Waals surface area contributed by atoms with Gasteiger partial charge in [-0.1, -0.05) is 6.92 Å². The quantitative estimate of drug-likeness (QED) is 0.786. The van der Waals surface area contributed by atoms with E-state index in [1.807, 2.05) is 18.7 Å². The number of aryl methyl sites for hydroxylation is 3. The summed E-state index contributed by atoms with van der Waals surface area (Å²) in [4.78, 5) is 14.0. The van der Waals surface area contributed by atoms with Gasteiger partial charge in [0.15, 0.2) is 5.82 Å². The Labute approximate surface area is 132 Å². The van der Waals surface area contributed by atoms with Gasteiger partial charge in [-0.2, -0.15) is 5.10 Å². The van der Waals surface area contributed by atoms with Crippen molar-refractivity contribution in [2.24, 2.45) is 7.05 Å². The number of nitrogen functional groups attached to an aromatic ring is 1. The fourth-order valence-corrected chi connectivity index (χ4v) is 4.06. The SMILES string of the molecule is CCc1cc2c(N3Cc4c(N)nn(C)c4C3)nc(C)nc2s1. The predicted octanol–water partition coefficient (Wildman–Crippen LogP) is 2.40. The normalized spacial score (nSPS) is 14.0. The van der Waals surface area contributed by atoms with Crippen LogP contribution >= 0.6 is 11.3 Å². The molecule has 0 aromatic carbocycles. The van der Waals surface area contributed by atoms with Gasteiger partial charge in [0.1, 0.15) is 16.5 Å². The van der Waals surface area contributed by atoms with Crippen LogP contribution in [0.25, 0.3) is 10.2 Å². The molecule has 0 fully saturated rings. The number of anilines is 2. The van der Waals surface area contributed by atoms with E-state index in [4.69, 9.17) is 10.7 Å². The van der Waals surface area contributed by atoms with Crippen LogP contribution in [0.5, 0.6) is 0 Å². The lowest BCUT2D eigenvalue weighted by atomic mass is 10.3. The van der Waals surface area contributed by atoms with Crippen LogP contribution in [0.2, 0.25) is 0 Å². The molecule has 4 heterocycles. The van der Waals surface area contributed by atoms with Crippen LogP contribution in [0.4, 0.5) is 11.6 Å². The van der Waals surface area contributed by atoms with Gasteiger partial charge in [0.2, 0.25) is 0 Å². The van der Waals surface area contributed by atoms with E-state index < -0.39 is 0 Å². The van der Waals surface area contributed by atoms with Crippen LogP contribution in [0.3, 0.4) is 0 Å². The summed E-state index contributed by atoms with van der Waals surface area (Å²) in [6, 6.07) is 2.22. The molecule has 0 unspecified atom stereocenters. The van der Waals surface area contributed by atoms with Gasteiger partial charge in [-0.05, 0) is 19.4 Å². The minimum Gasteiger partial charge on any atom is -0.382 e. The number of nitrogens with two attached hydrogens (primary N) is 1. The van der Waals surface area contributed by atoms with E-state index in [1.165, 1.54) is 10.6 Å². The highest BCUT2D eigenvalue weighted by Crippen LogP contribution is 2.36. The lowest BCUT2D eigenvalue weighted by Gasteiger charge is -2.18. The summed E-state index contributed by atoms with van der Waals surface area (Å²) in [5.74, 6) is 2.45. The van der Waals surface area contributed by atoms with Gasteiger partial charge < -0.3 is 10.6 Å². The van der Waals surface area contributed by atoms with Gasteiger partial charge in [0, 0.05) is 17.5 Å². The molecule has 7 heteroatoms. The van der Waals surface area contributed by atoms with Crippen LogP contribution < -0.4 is 10.6 Å². The van der Waals surface area contributed by atoms with Gasteiger partial charge >= 0.3 is 0 Å². The number of fused-ring (bicyclic) bond motifs is 2. The fraction of sp³-hybridized carbons (Fsp3) is 0.400. The van der Waals surface area contributed by atoms with E-state index in [-0.39, 0.29) is 0 Å². The minimum absolute atomic E-state index is 0.626. The molecule has 0 spiro atoms. The maximum atomic E-state index is 6.01. The summed E-state index contributed by atoms with van der Waals surface area (Å²) in [5, 5.41) is 5.44. The van der Waals surface area contributed by atoms with Crippen molar-refractivity contribution < 1.29 is 0 Å². The average molecular weight is 314 g/mol. The minimum atomic E-state index is 0.626. The first-order valence-electron chi connectivity index (χ1n) is 7.39. The molecule has 0 saturated carbocycles. The summed E-state index contributed by atoms with van der Waals surface area (Å²) in [5.41, 5.74) is 8.31. The van der Waals surface area contributed by atoms with Gasteiger partial charge in [0.25, 0.3) is 0 Å². The van der Waals surface area contributed by atoms with Crippen molar-refractivity contribution in [3.05, 3.63) is 28.0 Å². The smallest absolute Gasteiger partial charge is 0.150 e. The zero-order valence-corrected chi connectivity index (χ0v) is 13.7. The van der Waals surface area contributed by atoms with E-state index in [2.05, 4.69) is 28.0 Å². The molecule has 3 aromatic rings. The topological polar surface area (TPSA) is 72.9 Å². The van der Waals surface area contributed by atoms with E-state index in [9.17, 15) is 0 Å². The van der Waals surface area contributed by atoms with E-state index in [0.29, 0.717) is 5.82 Å².